The normalized spacial score (nSPS) is 20.5. The molecule has 8 heteroatoms. The Morgan fingerprint density at radius 1 is 0.523 bits per heavy atom. The molecule has 232 valence electrons. The van der Waals surface area contributed by atoms with Crippen LogP contribution in [0.15, 0.2) is 109 Å². The number of halogens is 4. The summed E-state index contributed by atoms with van der Waals surface area (Å²) in [7, 11) is 0. The van der Waals surface area contributed by atoms with Gasteiger partial charge in [0.1, 0.15) is 24.7 Å². The molecule has 4 aromatic carbocycles. The van der Waals surface area contributed by atoms with E-state index in [1.165, 1.54) is 0 Å². The number of hydrogen-bond donors (Lipinski definition) is 2. The Hall–Kier alpha value is -3.88. The van der Waals surface area contributed by atoms with Crippen molar-refractivity contribution in [2.24, 2.45) is 0 Å². The van der Waals surface area contributed by atoms with E-state index >= 15 is 0 Å². The molecule has 0 amide bonds. The van der Waals surface area contributed by atoms with Crippen LogP contribution in [-0.2, 0) is 13.2 Å². The minimum Gasteiger partial charge on any atom is -0.489 e. The molecule has 0 saturated carbocycles. The van der Waals surface area contributed by atoms with E-state index in [0.717, 1.165) is 11.1 Å². The second-order valence-electron chi connectivity index (χ2n) is 11.2. The van der Waals surface area contributed by atoms with Crippen LogP contribution in [0.4, 0.5) is 17.6 Å². The third-order valence-corrected chi connectivity index (χ3v) is 8.02. The lowest BCUT2D eigenvalue weighted by Crippen LogP contribution is -2.44. The third-order valence-electron chi connectivity index (χ3n) is 8.02. The molecule has 0 aromatic heterocycles. The molecule has 2 saturated heterocycles. The maximum Gasteiger partial charge on any atom is 0.267 e. The zero-order valence-electron chi connectivity index (χ0n) is 24.5. The molecule has 0 radical (unpaired) electrons. The molecule has 44 heavy (non-hydrogen) atoms. The smallest absolute Gasteiger partial charge is 0.267 e. The van der Waals surface area contributed by atoms with Crippen LogP contribution in [0.1, 0.15) is 46.9 Å². The van der Waals surface area contributed by atoms with Crippen molar-refractivity contribution >= 4 is 0 Å². The molecule has 2 heterocycles. The topological polar surface area (TPSA) is 42.5 Å². The summed E-state index contributed by atoms with van der Waals surface area (Å²) in [5.74, 6) is -5.40. The van der Waals surface area contributed by atoms with Crippen molar-refractivity contribution in [1.82, 2.24) is 10.6 Å². The first-order valence-corrected chi connectivity index (χ1v) is 15.0. The monoisotopic (exact) mass is 606 g/mol. The Morgan fingerprint density at radius 3 is 1.23 bits per heavy atom. The number of benzene rings is 4. The van der Waals surface area contributed by atoms with Gasteiger partial charge in [0.15, 0.2) is 0 Å². The van der Waals surface area contributed by atoms with Crippen molar-refractivity contribution in [2.75, 3.05) is 26.2 Å². The molecule has 2 N–H and O–H groups in total. The molecular weight excluding hydrogens is 568 g/mol. The average molecular weight is 607 g/mol. The Labute approximate surface area is 256 Å². The molecular formula is C36H38F4N2O2. The minimum atomic E-state index is -2.69. The Kier molecular flexibility index (Phi) is 10.6. The SMILES string of the molecule is FC1(F)CNCC[C@@H]1c1ccc(OCc2ccccc2)cc1.FC1(F)CNCC[C@H]1c1ccc(OCc2ccccc2)cc1. The fourth-order valence-corrected chi connectivity index (χ4v) is 5.57. The first-order chi connectivity index (χ1) is 21.3. The van der Waals surface area contributed by atoms with Crippen LogP contribution in [0.5, 0.6) is 11.5 Å². The molecule has 4 nitrogen and oxygen atoms in total. The predicted octanol–water partition coefficient (Wildman–Crippen LogP) is 7.96. The Balaban J connectivity index is 0.000000175. The molecule has 0 spiro atoms. The van der Waals surface area contributed by atoms with Crippen LogP contribution in [0, 0.1) is 0 Å². The number of hydrogen-bond acceptors (Lipinski definition) is 4. The van der Waals surface area contributed by atoms with Crippen LogP contribution in [0.3, 0.4) is 0 Å². The number of alkyl halides is 4. The molecule has 0 bridgehead atoms. The lowest BCUT2D eigenvalue weighted by atomic mass is 9.87. The highest BCUT2D eigenvalue weighted by Gasteiger charge is 2.43. The van der Waals surface area contributed by atoms with Crippen LogP contribution in [0.25, 0.3) is 0 Å². The van der Waals surface area contributed by atoms with Crippen LogP contribution in [-0.4, -0.2) is 38.0 Å². The maximum atomic E-state index is 13.9. The number of ether oxygens (including phenoxy) is 2. The quantitative estimate of drug-likeness (QED) is 0.200. The number of piperidine rings is 2. The first-order valence-electron chi connectivity index (χ1n) is 15.0. The lowest BCUT2D eigenvalue weighted by molar-refractivity contribution is -0.0425. The number of nitrogens with one attached hydrogen (secondary N) is 2. The predicted molar refractivity (Wildman–Crippen MR) is 165 cm³/mol. The molecule has 2 aliphatic heterocycles. The summed E-state index contributed by atoms with van der Waals surface area (Å²) in [4.78, 5) is 0. The summed E-state index contributed by atoms with van der Waals surface area (Å²) in [5.41, 5.74) is 3.52. The van der Waals surface area contributed by atoms with E-state index in [2.05, 4.69) is 10.6 Å². The zero-order valence-corrected chi connectivity index (χ0v) is 24.5. The van der Waals surface area contributed by atoms with E-state index in [1.54, 1.807) is 48.5 Å². The van der Waals surface area contributed by atoms with E-state index in [0.29, 0.717) is 61.8 Å². The molecule has 2 atom stereocenters. The molecule has 0 aliphatic carbocycles. The van der Waals surface area contributed by atoms with Gasteiger partial charge in [0.25, 0.3) is 11.8 Å². The fourth-order valence-electron chi connectivity index (χ4n) is 5.57. The van der Waals surface area contributed by atoms with Gasteiger partial charge in [-0.15, -0.1) is 0 Å². The highest BCUT2D eigenvalue weighted by molar-refractivity contribution is 5.32. The summed E-state index contributed by atoms with van der Waals surface area (Å²) in [5, 5.41) is 5.50. The summed E-state index contributed by atoms with van der Waals surface area (Å²) >= 11 is 0. The van der Waals surface area contributed by atoms with Gasteiger partial charge in [-0.3, -0.25) is 0 Å². The zero-order chi connectivity index (χ0) is 30.8. The van der Waals surface area contributed by atoms with Gasteiger partial charge in [-0.25, -0.2) is 17.6 Å². The molecule has 2 aliphatic rings. The average Bonchev–Trinajstić information content (AvgIpc) is 3.04. The van der Waals surface area contributed by atoms with Gasteiger partial charge in [-0.2, -0.15) is 0 Å². The van der Waals surface area contributed by atoms with Gasteiger partial charge in [-0.1, -0.05) is 84.9 Å². The van der Waals surface area contributed by atoms with Gasteiger partial charge < -0.3 is 20.1 Å². The van der Waals surface area contributed by atoms with E-state index in [1.807, 2.05) is 60.7 Å². The van der Waals surface area contributed by atoms with Gasteiger partial charge in [0, 0.05) is 0 Å². The standard InChI is InChI=1S/2C18H19F2NO/c2*19-18(20)13-21-11-10-17(18)15-6-8-16(9-7-15)22-12-14-4-2-1-3-5-14/h2*1-9,17,21H,10-13H2/t2*17-/m10/s1. The van der Waals surface area contributed by atoms with Crippen molar-refractivity contribution in [3.05, 3.63) is 131 Å². The van der Waals surface area contributed by atoms with E-state index < -0.39 is 23.7 Å². The van der Waals surface area contributed by atoms with Crippen LogP contribution < -0.4 is 20.1 Å². The second kappa shape index (κ2) is 14.7. The fraction of sp³-hybridized carbons (Fsp3) is 0.333. The van der Waals surface area contributed by atoms with Crippen molar-refractivity contribution in [2.45, 2.75) is 49.7 Å². The summed E-state index contributed by atoms with van der Waals surface area (Å²) < 4.78 is 67.1. The van der Waals surface area contributed by atoms with Crippen molar-refractivity contribution in [1.29, 1.82) is 0 Å². The third kappa shape index (κ3) is 8.61. The van der Waals surface area contributed by atoms with Crippen molar-refractivity contribution in [3.63, 3.8) is 0 Å². The van der Waals surface area contributed by atoms with E-state index in [9.17, 15) is 17.6 Å². The van der Waals surface area contributed by atoms with Crippen LogP contribution in [0.2, 0.25) is 0 Å². The van der Waals surface area contributed by atoms with Crippen molar-refractivity contribution in [3.8, 4) is 11.5 Å². The summed E-state index contributed by atoms with van der Waals surface area (Å²) in [6, 6.07) is 33.8. The number of rotatable bonds is 8. The van der Waals surface area contributed by atoms with Gasteiger partial charge in [0.2, 0.25) is 0 Å². The van der Waals surface area contributed by atoms with E-state index in [4.69, 9.17) is 9.47 Å². The van der Waals surface area contributed by atoms with Gasteiger partial charge >= 0.3 is 0 Å². The Bertz CT molecular complexity index is 1310. The summed E-state index contributed by atoms with van der Waals surface area (Å²) in [6.45, 7) is 1.72. The first kappa shape index (κ1) is 31.5. The van der Waals surface area contributed by atoms with Gasteiger partial charge in [0.05, 0.1) is 24.9 Å². The highest BCUT2D eigenvalue weighted by Crippen LogP contribution is 2.39. The molecule has 0 unspecified atom stereocenters. The lowest BCUT2D eigenvalue weighted by Gasteiger charge is -2.32. The molecule has 4 aromatic rings. The summed E-state index contributed by atoms with van der Waals surface area (Å²) in [6.07, 6.45) is 0.911. The second-order valence-corrected chi connectivity index (χ2v) is 11.2. The largest absolute Gasteiger partial charge is 0.489 e. The van der Waals surface area contributed by atoms with E-state index in [-0.39, 0.29) is 13.1 Å². The van der Waals surface area contributed by atoms with Gasteiger partial charge in [-0.05, 0) is 72.5 Å². The Morgan fingerprint density at radius 2 is 0.886 bits per heavy atom. The van der Waals surface area contributed by atoms with Crippen molar-refractivity contribution < 1.29 is 27.0 Å². The van der Waals surface area contributed by atoms with Crippen LogP contribution >= 0.6 is 0 Å². The maximum absolute atomic E-state index is 13.9. The molecule has 6 rings (SSSR count). The highest BCUT2D eigenvalue weighted by atomic mass is 19.3. The minimum absolute atomic E-state index is 0.246. The molecule has 2 fully saturated rings.